The molecule has 7 heteroatoms. The molecular weight excluding hydrogens is 434 g/mol. The van der Waals surface area contributed by atoms with Gasteiger partial charge in [0, 0.05) is 22.7 Å². The fourth-order valence-electron chi connectivity index (χ4n) is 3.26. The maximum atomic E-state index is 12.9. The summed E-state index contributed by atoms with van der Waals surface area (Å²) in [5.74, 6) is -0.0556. The summed E-state index contributed by atoms with van der Waals surface area (Å²) in [6.45, 7) is 6.06. The molecule has 4 nitrogen and oxygen atoms in total. The summed E-state index contributed by atoms with van der Waals surface area (Å²) in [4.78, 5) is 17.8. The average Bonchev–Trinajstić information content (AvgIpc) is 3.47. The lowest BCUT2D eigenvalue weighted by atomic mass is 10.2. The number of halogens is 1. The number of hydrogen-bond donors (Lipinski definition) is 1. The molecule has 3 aromatic heterocycles. The van der Waals surface area contributed by atoms with Gasteiger partial charge in [0.2, 0.25) is 0 Å². The molecular formula is C23H22ClN3OS2. The molecule has 0 spiro atoms. The Morgan fingerprint density at radius 1 is 1.23 bits per heavy atom. The molecule has 30 heavy (non-hydrogen) atoms. The van der Waals surface area contributed by atoms with Gasteiger partial charge in [-0.05, 0) is 49.9 Å². The Hall–Kier alpha value is -2.41. The van der Waals surface area contributed by atoms with Crippen molar-refractivity contribution in [3.05, 3.63) is 69.5 Å². The Morgan fingerprint density at radius 2 is 2.03 bits per heavy atom. The molecule has 154 valence electrons. The number of hydrogen-bond acceptors (Lipinski definition) is 4. The smallest absolute Gasteiger partial charge is 0.253 e. The number of carbonyl (C=O) groups excluding carboxylic acids is 1. The van der Waals surface area contributed by atoms with Crippen molar-refractivity contribution < 1.29 is 4.79 Å². The summed E-state index contributed by atoms with van der Waals surface area (Å²) in [5.41, 5.74) is 4.22. The number of aromatic nitrogens is 2. The zero-order valence-corrected chi connectivity index (χ0v) is 19.4. The Kier molecular flexibility index (Phi) is 6.09. The molecule has 1 amide bonds. The SMILES string of the molecule is CCC(C)NC(=O)c1cc(-c2csc(-c3ccccc3Cl)n2)n(-c2cccs2)c1C. The molecule has 1 unspecified atom stereocenters. The lowest BCUT2D eigenvalue weighted by molar-refractivity contribution is 0.0938. The van der Waals surface area contributed by atoms with Crippen LogP contribution in [0.15, 0.2) is 53.2 Å². The van der Waals surface area contributed by atoms with E-state index < -0.39 is 0 Å². The third-order valence-corrected chi connectivity index (χ3v) is 7.14. The molecule has 3 heterocycles. The van der Waals surface area contributed by atoms with E-state index in [9.17, 15) is 4.79 Å². The minimum absolute atomic E-state index is 0.0556. The number of nitrogens with one attached hydrogen (secondary N) is 1. The van der Waals surface area contributed by atoms with Gasteiger partial charge in [-0.15, -0.1) is 22.7 Å². The Bertz CT molecular complexity index is 1180. The second kappa shape index (κ2) is 8.76. The molecule has 0 radical (unpaired) electrons. The van der Waals surface area contributed by atoms with Crippen LogP contribution in [0.3, 0.4) is 0 Å². The fourth-order valence-corrected chi connectivity index (χ4v) is 5.19. The van der Waals surface area contributed by atoms with Crippen LogP contribution >= 0.6 is 34.3 Å². The number of nitrogens with zero attached hydrogens (tertiary/aromatic N) is 2. The second-order valence-electron chi connectivity index (χ2n) is 7.12. The van der Waals surface area contributed by atoms with E-state index in [0.717, 1.165) is 39.1 Å². The Balaban J connectivity index is 1.81. The summed E-state index contributed by atoms with van der Waals surface area (Å²) >= 11 is 9.55. The molecule has 4 aromatic rings. The minimum atomic E-state index is -0.0556. The van der Waals surface area contributed by atoms with Gasteiger partial charge in [-0.1, -0.05) is 36.7 Å². The summed E-state index contributed by atoms with van der Waals surface area (Å²) in [7, 11) is 0. The van der Waals surface area contributed by atoms with Gasteiger partial charge in [0.05, 0.1) is 27.0 Å². The molecule has 1 aromatic carbocycles. The van der Waals surface area contributed by atoms with Gasteiger partial charge in [0.25, 0.3) is 5.91 Å². The Morgan fingerprint density at radius 3 is 2.73 bits per heavy atom. The van der Waals surface area contributed by atoms with Gasteiger partial charge in [-0.25, -0.2) is 4.98 Å². The highest BCUT2D eigenvalue weighted by Gasteiger charge is 2.22. The molecule has 0 saturated heterocycles. The number of amides is 1. The molecule has 1 N–H and O–H groups in total. The number of thiophene rings is 1. The summed E-state index contributed by atoms with van der Waals surface area (Å²) in [6, 6.07) is 13.8. The summed E-state index contributed by atoms with van der Waals surface area (Å²) < 4.78 is 2.11. The van der Waals surface area contributed by atoms with E-state index in [1.165, 1.54) is 0 Å². The highest BCUT2D eigenvalue weighted by atomic mass is 35.5. The van der Waals surface area contributed by atoms with Gasteiger partial charge >= 0.3 is 0 Å². The van der Waals surface area contributed by atoms with Crippen molar-refractivity contribution in [1.82, 2.24) is 14.9 Å². The van der Waals surface area contributed by atoms with Crippen molar-refractivity contribution in [2.24, 2.45) is 0 Å². The van der Waals surface area contributed by atoms with Crippen molar-refractivity contribution >= 4 is 40.2 Å². The van der Waals surface area contributed by atoms with Crippen LogP contribution < -0.4 is 5.32 Å². The summed E-state index contributed by atoms with van der Waals surface area (Å²) in [6.07, 6.45) is 0.885. The molecule has 0 aliphatic rings. The van der Waals surface area contributed by atoms with Gasteiger partial charge < -0.3 is 9.88 Å². The van der Waals surface area contributed by atoms with E-state index in [4.69, 9.17) is 16.6 Å². The second-order valence-corrected chi connectivity index (χ2v) is 9.31. The predicted octanol–water partition coefficient (Wildman–Crippen LogP) is 6.82. The zero-order valence-electron chi connectivity index (χ0n) is 17.0. The van der Waals surface area contributed by atoms with E-state index in [0.29, 0.717) is 10.6 Å². The molecule has 0 aliphatic carbocycles. The molecule has 4 rings (SSSR count). The highest BCUT2D eigenvalue weighted by Crippen LogP contribution is 2.36. The largest absolute Gasteiger partial charge is 0.350 e. The van der Waals surface area contributed by atoms with Crippen molar-refractivity contribution in [1.29, 1.82) is 0 Å². The monoisotopic (exact) mass is 455 g/mol. The normalized spacial score (nSPS) is 12.1. The van der Waals surface area contributed by atoms with Crippen LogP contribution in [0.25, 0.3) is 27.0 Å². The van der Waals surface area contributed by atoms with Crippen LogP contribution in [-0.2, 0) is 0 Å². The summed E-state index contributed by atoms with van der Waals surface area (Å²) in [5, 5.41) is 9.73. The first-order valence-electron chi connectivity index (χ1n) is 9.77. The van der Waals surface area contributed by atoms with Crippen LogP contribution in [-0.4, -0.2) is 21.5 Å². The van der Waals surface area contributed by atoms with Gasteiger partial charge in [-0.2, -0.15) is 0 Å². The van der Waals surface area contributed by atoms with E-state index in [1.54, 1.807) is 22.7 Å². The maximum Gasteiger partial charge on any atom is 0.253 e. The fraction of sp³-hybridized carbons (Fsp3) is 0.217. The minimum Gasteiger partial charge on any atom is -0.350 e. The van der Waals surface area contributed by atoms with E-state index in [-0.39, 0.29) is 11.9 Å². The van der Waals surface area contributed by atoms with Crippen molar-refractivity contribution in [2.75, 3.05) is 0 Å². The number of rotatable bonds is 6. The van der Waals surface area contributed by atoms with Crippen LogP contribution in [0.1, 0.15) is 36.3 Å². The standard InChI is InChI=1S/C23H22ClN3OS2/c1-4-14(2)25-22(28)17-12-20(27(15(17)3)21-10-7-11-29-21)19-13-30-23(26-19)16-8-5-6-9-18(16)24/h5-14H,4H2,1-3H3,(H,25,28). The zero-order chi connectivity index (χ0) is 21.3. The van der Waals surface area contributed by atoms with Crippen LogP contribution in [0, 0.1) is 6.92 Å². The maximum absolute atomic E-state index is 12.9. The van der Waals surface area contributed by atoms with Gasteiger partial charge in [-0.3, -0.25) is 4.79 Å². The van der Waals surface area contributed by atoms with Crippen molar-refractivity contribution in [2.45, 2.75) is 33.2 Å². The third-order valence-electron chi connectivity index (χ3n) is 5.08. The van der Waals surface area contributed by atoms with Gasteiger partial charge in [0.1, 0.15) is 5.01 Å². The molecule has 1 atom stereocenters. The average molecular weight is 456 g/mol. The van der Waals surface area contributed by atoms with E-state index in [2.05, 4.69) is 22.9 Å². The predicted molar refractivity (Wildman–Crippen MR) is 127 cm³/mol. The number of benzene rings is 1. The van der Waals surface area contributed by atoms with E-state index >= 15 is 0 Å². The third kappa shape index (κ3) is 3.95. The van der Waals surface area contributed by atoms with Crippen molar-refractivity contribution in [3.8, 4) is 27.0 Å². The molecule has 0 bridgehead atoms. The number of thiazole rings is 1. The molecule has 0 aliphatic heterocycles. The lowest BCUT2D eigenvalue weighted by Gasteiger charge is -2.11. The van der Waals surface area contributed by atoms with Gasteiger partial charge in [0.15, 0.2) is 0 Å². The van der Waals surface area contributed by atoms with Crippen molar-refractivity contribution in [3.63, 3.8) is 0 Å². The Labute approximate surface area is 189 Å². The van der Waals surface area contributed by atoms with E-state index in [1.807, 2.05) is 61.0 Å². The lowest BCUT2D eigenvalue weighted by Crippen LogP contribution is -2.32. The first-order chi connectivity index (χ1) is 14.5. The topological polar surface area (TPSA) is 46.9 Å². The first kappa shape index (κ1) is 20.8. The highest BCUT2D eigenvalue weighted by molar-refractivity contribution is 7.13. The molecule has 0 fully saturated rings. The van der Waals surface area contributed by atoms with Crippen LogP contribution in [0.4, 0.5) is 0 Å². The van der Waals surface area contributed by atoms with Crippen LogP contribution in [0.5, 0.6) is 0 Å². The first-order valence-corrected chi connectivity index (χ1v) is 11.9. The quantitative estimate of drug-likeness (QED) is 0.346. The number of carbonyl (C=O) groups is 1. The molecule has 0 saturated carbocycles. The van der Waals surface area contributed by atoms with Crippen LogP contribution in [0.2, 0.25) is 5.02 Å².